The Hall–Kier alpha value is -5.98. The standard InChI is InChI=1S/C41H42F3N7O7S/c1-55-39(54)49-35(34(27-11-4-2-5-12-27)28-13-6-3-7-14-28)36(52)48-31-15-9-8-10-26(31)16-17-30-22-46-32(23-56-38(53)47-25-41(42,43)44)33(57-30)24-59-40-51-50-37(58-40)29-18-20-45-21-19-29/h2-15,18-21,30,32-35,46H,16-17,22-25H2,1H3,(H,47,53)(H,48,52)(H,49,54)/t30-,32-,33-,35+/m1/s1. The summed E-state index contributed by atoms with van der Waals surface area (Å²) >= 11 is 1.22. The predicted molar refractivity (Wildman–Crippen MR) is 212 cm³/mol. The second kappa shape index (κ2) is 20.6. The van der Waals surface area contributed by atoms with E-state index in [1.807, 2.05) is 72.8 Å². The molecular formula is C41H42F3N7O7S. The number of amides is 3. The van der Waals surface area contributed by atoms with Crippen LogP contribution in [-0.4, -0.2) is 96.3 Å². The van der Waals surface area contributed by atoms with Gasteiger partial charge in [0.05, 0.1) is 25.4 Å². The molecule has 59 heavy (non-hydrogen) atoms. The highest BCUT2D eigenvalue weighted by molar-refractivity contribution is 7.99. The van der Waals surface area contributed by atoms with Crippen molar-refractivity contribution in [2.75, 3.05) is 37.9 Å². The van der Waals surface area contributed by atoms with E-state index in [1.54, 1.807) is 42.0 Å². The van der Waals surface area contributed by atoms with Gasteiger partial charge in [-0.3, -0.25) is 9.78 Å². The molecule has 18 heteroatoms. The zero-order valence-electron chi connectivity index (χ0n) is 31.8. The molecule has 0 saturated carbocycles. The number of aryl methyl sites for hydroxylation is 1. The highest BCUT2D eigenvalue weighted by Gasteiger charge is 2.35. The van der Waals surface area contributed by atoms with Gasteiger partial charge in [0, 0.05) is 41.9 Å². The van der Waals surface area contributed by atoms with E-state index in [-0.39, 0.29) is 23.7 Å². The molecule has 310 valence electrons. The van der Waals surface area contributed by atoms with Crippen LogP contribution in [0.4, 0.5) is 28.4 Å². The average molecular weight is 834 g/mol. The van der Waals surface area contributed by atoms with Crippen molar-refractivity contribution in [1.82, 2.24) is 31.1 Å². The SMILES string of the molecule is COC(=O)N[C@H](C(=O)Nc1ccccc1CC[C@@H]1CN[C@H](COC(=O)NCC(F)(F)F)[C@@H](CSc2nnc(-c3ccncc3)o2)O1)C(c1ccccc1)c1ccccc1. The number of alkyl halides is 3. The summed E-state index contributed by atoms with van der Waals surface area (Å²) in [6, 6.07) is 28.0. The number of hydrogen-bond acceptors (Lipinski definition) is 12. The van der Waals surface area contributed by atoms with E-state index < -0.39 is 54.9 Å². The Labute approximate surface area is 342 Å². The number of alkyl carbamates (subject to hydrolysis) is 2. The topological polar surface area (TPSA) is 179 Å². The normalized spacial score (nSPS) is 17.1. The number of hydrogen-bond donors (Lipinski definition) is 4. The molecule has 1 aliphatic heterocycles. The Balaban J connectivity index is 1.14. The largest absolute Gasteiger partial charge is 0.453 e. The van der Waals surface area contributed by atoms with Crippen molar-refractivity contribution in [2.45, 2.75) is 54.5 Å². The molecule has 1 fully saturated rings. The second-order valence-electron chi connectivity index (χ2n) is 13.4. The van der Waals surface area contributed by atoms with Gasteiger partial charge in [-0.15, -0.1) is 10.2 Å². The smallest absolute Gasteiger partial charge is 0.407 e. The fourth-order valence-electron chi connectivity index (χ4n) is 6.49. The molecular weight excluding hydrogens is 792 g/mol. The number of ether oxygens (including phenoxy) is 3. The van der Waals surface area contributed by atoms with Gasteiger partial charge in [0.2, 0.25) is 11.8 Å². The minimum absolute atomic E-state index is 0.261. The average Bonchev–Trinajstić information content (AvgIpc) is 3.74. The van der Waals surface area contributed by atoms with E-state index in [1.165, 1.54) is 18.9 Å². The lowest BCUT2D eigenvalue weighted by atomic mass is 9.84. The molecule has 0 bridgehead atoms. The number of carbonyl (C=O) groups is 3. The quantitative estimate of drug-likeness (QED) is 0.0810. The van der Waals surface area contributed by atoms with Crippen molar-refractivity contribution in [3.8, 4) is 11.5 Å². The first-order chi connectivity index (χ1) is 28.6. The van der Waals surface area contributed by atoms with Crippen LogP contribution in [0.3, 0.4) is 0 Å². The molecule has 14 nitrogen and oxygen atoms in total. The third-order valence-electron chi connectivity index (χ3n) is 9.36. The molecule has 0 aliphatic carbocycles. The number of anilines is 1. The van der Waals surface area contributed by atoms with Crippen molar-refractivity contribution >= 4 is 35.5 Å². The van der Waals surface area contributed by atoms with Crippen LogP contribution in [0.15, 0.2) is 119 Å². The summed E-state index contributed by atoms with van der Waals surface area (Å²) in [5.74, 6) is -0.443. The lowest BCUT2D eigenvalue weighted by Crippen LogP contribution is -2.56. The van der Waals surface area contributed by atoms with Crippen LogP contribution < -0.4 is 21.3 Å². The summed E-state index contributed by atoms with van der Waals surface area (Å²) in [4.78, 5) is 42.9. The zero-order chi connectivity index (χ0) is 41.6. The van der Waals surface area contributed by atoms with Crippen LogP contribution in [0.25, 0.3) is 11.5 Å². The fourth-order valence-corrected chi connectivity index (χ4v) is 7.34. The molecule has 6 rings (SSSR count). The van der Waals surface area contributed by atoms with Gasteiger partial charge in [-0.2, -0.15) is 13.2 Å². The van der Waals surface area contributed by atoms with E-state index in [4.69, 9.17) is 18.6 Å². The van der Waals surface area contributed by atoms with Crippen molar-refractivity contribution in [3.63, 3.8) is 0 Å². The molecule has 0 spiro atoms. The number of pyridine rings is 1. The predicted octanol–water partition coefficient (Wildman–Crippen LogP) is 6.37. The highest BCUT2D eigenvalue weighted by atomic mass is 32.2. The monoisotopic (exact) mass is 833 g/mol. The first-order valence-electron chi connectivity index (χ1n) is 18.6. The first kappa shape index (κ1) is 42.6. The van der Waals surface area contributed by atoms with Crippen molar-refractivity contribution < 1.29 is 46.2 Å². The van der Waals surface area contributed by atoms with E-state index >= 15 is 0 Å². The molecule has 1 aliphatic rings. The summed E-state index contributed by atoms with van der Waals surface area (Å²) in [5.41, 5.74) is 3.67. The number of morpholine rings is 1. The van der Waals surface area contributed by atoms with E-state index in [2.05, 4.69) is 31.1 Å². The minimum Gasteiger partial charge on any atom is -0.453 e. The van der Waals surface area contributed by atoms with Crippen LogP contribution in [-0.2, 0) is 25.4 Å². The fraction of sp³-hybridized carbons (Fsp3) is 0.317. The van der Waals surface area contributed by atoms with Crippen molar-refractivity contribution in [1.29, 1.82) is 0 Å². The maximum absolute atomic E-state index is 14.2. The molecule has 2 aromatic heterocycles. The van der Waals surface area contributed by atoms with Crippen LogP contribution in [0.1, 0.15) is 29.0 Å². The third kappa shape index (κ3) is 12.5. The van der Waals surface area contributed by atoms with Crippen LogP contribution in [0.5, 0.6) is 0 Å². The third-order valence-corrected chi connectivity index (χ3v) is 10.3. The molecule has 3 aromatic carbocycles. The number of benzene rings is 3. The molecule has 3 heterocycles. The highest BCUT2D eigenvalue weighted by Crippen LogP contribution is 2.31. The molecule has 4 atom stereocenters. The Kier molecular flexibility index (Phi) is 14.9. The first-order valence-corrected chi connectivity index (χ1v) is 19.6. The Morgan fingerprint density at radius 3 is 2.27 bits per heavy atom. The van der Waals surface area contributed by atoms with Gasteiger partial charge in [-0.1, -0.05) is 90.6 Å². The van der Waals surface area contributed by atoms with Gasteiger partial charge in [-0.25, -0.2) is 9.59 Å². The lowest BCUT2D eigenvalue weighted by Gasteiger charge is -2.37. The molecule has 1 saturated heterocycles. The number of carbonyl (C=O) groups excluding carboxylic acids is 3. The molecule has 4 N–H and O–H groups in total. The van der Waals surface area contributed by atoms with Crippen LogP contribution in [0, 0.1) is 0 Å². The summed E-state index contributed by atoms with van der Waals surface area (Å²) in [6.07, 6.45) is -3.35. The minimum atomic E-state index is -4.59. The number of para-hydroxylation sites is 1. The van der Waals surface area contributed by atoms with Crippen LogP contribution >= 0.6 is 11.8 Å². The lowest BCUT2D eigenvalue weighted by molar-refractivity contribution is -0.124. The Morgan fingerprint density at radius 1 is 0.915 bits per heavy atom. The van der Waals surface area contributed by atoms with E-state index in [9.17, 15) is 27.6 Å². The summed E-state index contributed by atoms with van der Waals surface area (Å²) in [7, 11) is 1.24. The number of halogens is 3. The molecule has 3 amide bonds. The van der Waals surface area contributed by atoms with Crippen LogP contribution in [0.2, 0.25) is 0 Å². The maximum atomic E-state index is 14.2. The molecule has 5 aromatic rings. The van der Waals surface area contributed by atoms with Gasteiger partial charge in [-0.05, 0) is 47.7 Å². The maximum Gasteiger partial charge on any atom is 0.407 e. The van der Waals surface area contributed by atoms with Crippen molar-refractivity contribution in [3.05, 3.63) is 126 Å². The Morgan fingerprint density at radius 2 is 1.59 bits per heavy atom. The van der Waals surface area contributed by atoms with Gasteiger partial charge in [0.15, 0.2) is 0 Å². The zero-order valence-corrected chi connectivity index (χ0v) is 32.6. The number of thioether (sulfide) groups is 1. The van der Waals surface area contributed by atoms with Gasteiger partial charge in [0.1, 0.15) is 19.2 Å². The second-order valence-corrected chi connectivity index (χ2v) is 14.4. The summed E-state index contributed by atoms with van der Waals surface area (Å²) < 4.78 is 60.3. The molecule has 0 radical (unpaired) electrons. The number of nitrogens with one attached hydrogen (secondary N) is 4. The number of aromatic nitrogens is 3. The number of methoxy groups -OCH3 is 1. The van der Waals surface area contributed by atoms with Gasteiger partial charge in [0.25, 0.3) is 5.22 Å². The van der Waals surface area contributed by atoms with E-state index in [0.29, 0.717) is 36.5 Å². The van der Waals surface area contributed by atoms with E-state index in [0.717, 1.165) is 16.7 Å². The summed E-state index contributed by atoms with van der Waals surface area (Å²) in [6.45, 7) is -1.46. The Bertz CT molecular complexity index is 2080. The summed E-state index contributed by atoms with van der Waals surface area (Å²) in [5, 5.41) is 19.3. The van der Waals surface area contributed by atoms with Gasteiger partial charge >= 0.3 is 18.4 Å². The number of rotatable bonds is 16. The molecule has 0 unspecified atom stereocenters. The van der Waals surface area contributed by atoms with Crippen molar-refractivity contribution in [2.24, 2.45) is 0 Å². The van der Waals surface area contributed by atoms with Gasteiger partial charge < -0.3 is 39.9 Å². The number of nitrogens with zero attached hydrogens (tertiary/aromatic N) is 3.